The zero-order valence-electron chi connectivity index (χ0n) is 17.9. The first-order valence-electron chi connectivity index (χ1n) is 11.0. The third-order valence-corrected chi connectivity index (χ3v) is 7.04. The number of fused-ring (bicyclic) bond motifs is 6. The Morgan fingerprint density at radius 3 is 2.47 bits per heavy atom. The number of nitrogens with zero attached hydrogens (tertiary/aromatic N) is 4. The van der Waals surface area contributed by atoms with Crippen LogP contribution in [0.2, 0.25) is 0 Å². The molecule has 1 aliphatic rings. The SMILES string of the molecule is Brc1ccccc1-c1nc2c3c(ncn2n1)Oc1ccc2ccccc2c1[C@H]3c1ccccc1. The number of aromatic nitrogens is 4. The van der Waals surface area contributed by atoms with Gasteiger partial charge in [-0.3, -0.25) is 0 Å². The molecule has 0 unspecified atom stereocenters. The number of hydrogen-bond acceptors (Lipinski definition) is 4. The zero-order valence-corrected chi connectivity index (χ0v) is 19.5. The van der Waals surface area contributed by atoms with Crippen molar-refractivity contribution in [3.05, 3.63) is 118 Å². The lowest BCUT2D eigenvalue weighted by atomic mass is 9.81. The molecule has 0 radical (unpaired) electrons. The van der Waals surface area contributed by atoms with Crippen LogP contribution in [-0.4, -0.2) is 19.6 Å². The van der Waals surface area contributed by atoms with E-state index < -0.39 is 0 Å². The van der Waals surface area contributed by atoms with E-state index in [4.69, 9.17) is 14.8 Å². The number of benzene rings is 4. The molecule has 4 aromatic carbocycles. The molecule has 0 amide bonds. The second-order valence-electron chi connectivity index (χ2n) is 8.29. The quantitative estimate of drug-likeness (QED) is 0.254. The van der Waals surface area contributed by atoms with Crippen molar-refractivity contribution in [2.75, 3.05) is 0 Å². The van der Waals surface area contributed by atoms with Crippen molar-refractivity contribution in [2.45, 2.75) is 5.92 Å². The van der Waals surface area contributed by atoms with E-state index in [1.165, 1.54) is 5.39 Å². The summed E-state index contributed by atoms with van der Waals surface area (Å²) >= 11 is 3.63. The van der Waals surface area contributed by atoms with Gasteiger partial charge in [-0.1, -0.05) is 88.7 Å². The average Bonchev–Trinajstić information content (AvgIpc) is 3.32. The summed E-state index contributed by atoms with van der Waals surface area (Å²) in [5.74, 6) is 1.93. The van der Waals surface area contributed by atoms with Crippen LogP contribution >= 0.6 is 15.9 Å². The van der Waals surface area contributed by atoms with Crippen LogP contribution in [0.25, 0.3) is 27.8 Å². The van der Waals surface area contributed by atoms with Gasteiger partial charge in [0, 0.05) is 21.5 Å². The Morgan fingerprint density at radius 1 is 0.794 bits per heavy atom. The van der Waals surface area contributed by atoms with Gasteiger partial charge >= 0.3 is 0 Å². The molecule has 5 nitrogen and oxygen atoms in total. The fourth-order valence-corrected chi connectivity index (χ4v) is 5.30. The minimum absolute atomic E-state index is 0.0986. The molecule has 162 valence electrons. The first-order valence-corrected chi connectivity index (χ1v) is 11.8. The smallest absolute Gasteiger partial charge is 0.228 e. The van der Waals surface area contributed by atoms with E-state index in [9.17, 15) is 0 Å². The fraction of sp³-hybridized carbons (Fsp3) is 0.0357. The van der Waals surface area contributed by atoms with Gasteiger partial charge in [-0.05, 0) is 34.5 Å². The molecule has 1 aliphatic heterocycles. The predicted octanol–water partition coefficient (Wildman–Crippen LogP) is 6.99. The summed E-state index contributed by atoms with van der Waals surface area (Å²) in [6.07, 6.45) is 1.68. The second-order valence-corrected chi connectivity index (χ2v) is 9.15. The molecule has 34 heavy (non-hydrogen) atoms. The highest BCUT2D eigenvalue weighted by Gasteiger charge is 2.34. The molecule has 0 N–H and O–H groups in total. The van der Waals surface area contributed by atoms with Gasteiger partial charge in [0.25, 0.3) is 0 Å². The Balaban J connectivity index is 1.55. The van der Waals surface area contributed by atoms with Crippen LogP contribution in [0.4, 0.5) is 0 Å². The third-order valence-electron chi connectivity index (χ3n) is 6.35. The first-order chi connectivity index (χ1) is 16.8. The maximum Gasteiger partial charge on any atom is 0.228 e. The molecule has 7 rings (SSSR count). The predicted molar refractivity (Wildman–Crippen MR) is 135 cm³/mol. The highest BCUT2D eigenvalue weighted by atomic mass is 79.9. The van der Waals surface area contributed by atoms with Crippen LogP contribution in [0.1, 0.15) is 22.6 Å². The molecule has 2 aromatic heterocycles. The van der Waals surface area contributed by atoms with E-state index in [0.717, 1.165) is 43.5 Å². The number of rotatable bonds is 2. The van der Waals surface area contributed by atoms with Crippen molar-refractivity contribution in [1.82, 2.24) is 19.6 Å². The van der Waals surface area contributed by atoms with E-state index in [1.54, 1.807) is 10.8 Å². The van der Waals surface area contributed by atoms with E-state index in [2.05, 4.69) is 75.5 Å². The number of hydrogen-bond donors (Lipinski definition) is 0. The summed E-state index contributed by atoms with van der Waals surface area (Å²) in [6, 6.07) is 31.0. The Bertz CT molecular complexity index is 1710. The Hall–Kier alpha value is -4.03. The minimum Gasteiger partial charge on any atom is -0.438 e. The van der Waals surface area contributed by atoms with Crippen molar-refractivity contribution < 1.29 is 4.74 Å². The summed E-state index contributed by atoms with van der Waals surface area (Å²) in [5.41, 5.74) is 4.87. The lowest BCUT2D eigenvalue weighted by Gasteiger charge is -2.29. The first kappa shape index (κ1) is 19.4. The van der Waals surface area contributed by atoms with Crippen molar-refractivity contribution in [3.8, 4) is 23.0 Å². The van der Waals surface area contributed by atoms with E-state index in [0.29, 0.717) is 11.7 Å². The molecule has 0 spiro atoms. The van der Waals surface area contributed by atoms with Gasteiger partial charge in [0.1, 0.15) is 12.1 Å². The van der Waals surface area contributed by atoms with E-state index in [-0.39, 0.29) is 5.92 Å². The van der Waals surface area contributed by atoms with Gasteiger partial charge in [0.15, 0.2) is 11.5 Å². The molecule has 6 heteroatoms. The zero-order chi connectivity index (χ0) is 22.6. The molecule has 6 aromatic rings. The second kappa shape index (κ2) is 7.50. The van der Waals surface area contributed by atoms with Crippen molar-refractivity contribution in [3.63, 3.8) is 0 Å². The standard InChI is InChI=1S/C28H17BrN4O/c29-21-13-7-6-12-20(21)26-31-27-25-23(18-9-2-1-3-10-18)24-19-11-5-4-8-17(19)14-15-22(24)34-28(25)30-16-33(27)32-26/h1-16,23H/t23-/m1/s1. The van der Waals surface area contributed by atoms with Gasteiger partial charge in [0.2, 0.25) is 5.88 Å². The van der Waals surface area contributed by atoms with Crippen LogP contribution in [0, 0.1) is 0 Å². The molecule has 0 saturated heterocycles. The molecule has 0 bridgehead atoms. The van der Waals surface area contributed by atoms with Gasteiger partial charge in [-0.25, -0.2) is 14.5 Å². The monoisotopic (exact) mass is 504 g/mol. The summed E-state index contributed by atoms with van der Waals surface area (Å²) in [4.78, 5) is 9.65. The normalized spacial score (nSPS) is 14.6. The fourth-order valence-electron chi connectivity index (χ4n) is 4.84. The van der Waals surface area contributed by atoms with Crippen LogP contribution < -0.4 is 4.74 Å². The van der Waals surface area contributed by atoms with Gasteiger partial charge in [0.05, 0.1) is 5.56 Å². The van der Waals surface area contributed by atoms with Crippen LogP contribution in [0.3, 0.4) is 0 Å². The summed E-state index contributed by atoms with van der Waals surface area (Å²) in [6.45, 7) is 0. The van der Waals surface area contributed by atoms with Crippen molar-refractivity contribution >= 4 is 32.3 Å². The molecular formula is C28H17BrN4O. The molecule has 1 atom stereocenters. The largest absolute Gasteiger partial charge is 0.438 e. The highest BCUT2D eigenvalue weighted by molar-refractivity contribution is 9.10. The molecule has 0 aliphatic carbocycles. The Morgan fingerprint density at radius 2 is 1.59 bits per heavy atom. The Kier molecular flexibility index (Phi) is 4.29. The summed E-state index contributed by atoms with van der Waals surface area (Å²) < 4.78 is 9.08. The maximum atomic E-state index is 6.38. The molecule has 0 fully saturated rings. The maximum absolute atomic E-state index is 6.38. The van der Waals surface area contributed by atoms with Gasteiger partial charge in [-0.15, -0.1) is 5.10 Å². The molecular weight excluding hydrogens is 488 g/mol. The summed E-state index contributed by atoms with van der Waals surface area (Å²) in [7, 11) is 0. The summed E-state index contributed by atoms with van der Waals surface area (Å²) in [5, 5.41) is 7.09. The highest BCUT2D eigenvalue weighted by Crippen LogP contribution is 2.50. The van der Waals surface area contributed by atoms with Crippen LogP contribution in [0.5, 0.6) is 11.6 Å². The number of ether oxygens (including phenoxy) is 1. The molecule has 0 saturated carbocycles. The average molecular weight is 505 g/mol. The van der Waals surface area contributed by atoms with Gasteiger partial charge in [-0.2, -0.15) is 0 Å². The van der Waals surface area contributed by atoms with Crippen molar-refractivity contribution in [2.24, 2.45) is 0 Å². The third kappa shape index (κ3) is 2.89. The van der Waals surface area contributed by atoms with Crippen LogP contribution in [0.15, 0.2) is 102 Å². The van der Waals surface area contributed by atoms with E-state index in [1.807, 2.05) is 36.4 Å². The topological polar surface area (TPSA) is 52.3 Å². The van der Waals surface area contributed by atoms with Gasteiger partial charge < -0.3 is 4.74 Å². The molecule has 3 heterocycles. The minimum atomic E-state index is -0.0986. The lowest BCUT2D eigenvalue weighted by molar-refractivity contribution is 0.433. The van der Waals surface area contributed by atoms with E-state index >= 15 is 0 Å². The lowest BCUT2D eigenvalue weighted by Crippen LogP contribution is -2.15. The Labute approximate surface area is 203 Å². The number of halogens is 1. The van der Waals surface area contributed by atoms with Crippen molar-refractivity contribution in [1.29, 1.82) is 0 Å². The van der Waals surface area contributed by atoms with Crippen LogP contribution in [-0.2, 0) is 0 Å².